The highest BCUT2D eigenvalue weighted by molar-refractivity contribution is 7.71. The van der Waals surface area contributed by atoms with Crippen LogP contribution >= 0.6 is 23.8 Å². The first-order chi connectivity index (χ1) is 8.15. The second-order valence-electron chi connectivity index (χ2n) is 3.25. The predicted molar refractivity (Wildman–Crippen MR) is 71.0 cm³/mol. The van der Waals surface area contributed by atoms with E-state index in [1.54, 1.807) is 18.3 Å². The normalized spacial score (nSPS) is 10.9. The van der Waals surface area contributed by atoms with E-state index in [0.29, 0.717) is 15.5 Å². The number of aromatic nitrogens is 2. The summed E-state index contributed by atoms with van der Waals surface area (Å²) in [6, 6.07) is 8.84. The molecule has 6 heteroatoms. The van der Waals surface area contributed by atoms with Crippen molar-refractivity contribution >= 4 is 35.9 Å². The number of halogens is 1. The Labute approximate surface area is 107 Å². The first-order valence-corrected chi connectivity index (χ1v) is 5.56. The summed E-state index contributed by atoms with van der Waals surface area (Å²) in [5.74, 6) is 0.388. The van der Waals surface area contributed by atoms with Gasteiger partial charge in [-0.05, 0) is 6.07 Å². The maximum Gasteiger partial charge on any atom is 0.325 e. The van der Waals surface area contributed by atoms with Crippen LogP contribution in [-0.4, -0.2) is 16.2 Å². The van der Waals surface area contributed by atoms with Gasteiger partial charge in [-0.25, -0.2) is 9.79 Å². The van der Waals surface area contributed by atoms with E-state index in [-0.39, 0.29) is 5.69 Å². The van der Waals surface area contributed by atoms with Crippen molar-refractivity contribution in [3.05, 3.63) is 56.0 Å². The second-order valence-corrected chi connectivity index (χ2v) is 4.10. The van der Waals surface area contributed by atoms with Gasteiger partial charge in [0, 0.05) is 22.9 Å². The Morgan fingerprint density at radius 1 is 1.29 bits per heavy atom. The summed E-state index contributed by atoms with van der Waals surface area (Å²) in [6.07, 6.45) is 1.57. The van der Waals surface area contributed by atoms with Gasteiger partial charge < -0.3 is 0 Å². The van der Waals surface area contributed by atoms with Gasteiger partial charge in [-0.2, -0.15) is 0 Å². The molecule has 1 heterocycles. The Kier molecular flexibility index (Phi) is 3.51. The molecule has 17 heavy (non-hydrogen) atoms. The number of benzene rings is 1. The van der Waals surface area contributed by atoms with Crippen LogP contribution < -0.4 is 5.69 Å². The Hall–Kier alpha value is -1.72. The lowest BCUT2D eigenvalue weighted by Gasteiger charge is -1.96. The van der Waals surface area contributed by atoms with Crippen LogP contribution in [0.15, 0.2) is 40.1 Å². The summed E-state index contributed by atoms with van der Waals surface area (Å²) in [5.41, 5.74) is 0.387. The molecular formula is C11H8ClN3OS. The van der Waals surface area contributed by atoms with E-state index < -0.39 is 0 Å². The molecule has 0 bridgehead atoms. The van der Waals surface area contributed by atoms with E-state index in [2.05, 4.69) is 15.0 Å². The van der Waals surface area contributed by atoms with Crippen LogP contribution in [0, 0.1) is 4.64 Å². The van der Waals surface area contributed by atoms with Crippen molar-refractivity contribution in [3.8, 4) is 0 Å². The van der Waals surface area contributed by atoms with E-state index >= 15 is 0 Å². The number of hydrogen-bond acceptors (Lipinski definition) is 3. The number of aromatic amines is 2. The van der Waals surface area contributed by atoms with Crippen LogP contribution in [0.2, 0.25) is 5.02 Å². The predicted octanol–water partition coefficient (Wildman–Crippen LogP) is 2.84. The zero-order valence-corrected chi connectivity index (χ0v) is 10.2. The fourth-order valence-corrected chi connectivity index (χ4v) is 1.63. The minimum Gasteiger partial charge on any atom is -0.298 e. The third-order valence-electron chi connectivity index (χ3n) is 1.99. The molecule has 0 aliphatic heterocycles. The van der Waals surface area contributed by atoms with E-state index in [1.165, 1.54) is 0 Å². The van der Waals surface area contributed by atoms with Gasteiger partial charge in [0.05, 0.1) is 0 Å². The molecule has 2 N–H and O–H groups in total. The van der Waals surface area contributed by atoms with Crippen molar-refractivity contribution in [1.82, 2.24) is 9.97 Å². The fourth-order valence-electron chi connectivity index (χ4n) is 1.24. The van der Waals surface area contributed by atoms with E-state index in [1.807, 2.05) is 18.2 Å². The van der Waals surface area contributed by atoms with E-state index in [9.17, 15) is 4.79 Å². The van der Waals surface area contributed by atoms with Crippen LogP contribution in [0.5, 0.6) is 0 Å². The Bertz CT molecular complexity index is 646. The molecule has 0 amide bonds. The zero-order valence-electron chi connectivity index (χ0n) is 8.61. The molecule has 86 valence electrons. The molecule has 0 aliphatic rings. The van der Waals surface area contributed by atoms with Crippen LogP contribution in [0.3, 0.4) is 0 Å². The maximum absolute atomic E-state index is 11.1. The molecule has 0 unspecified atom stereocenters. The van der Waals surface area contributed by atoms with Crippen molar-refractivity contribution in [2.45, 2.75) is 0 Å². The SMILES string of the molecule is O=c1[nH]c(/N=C/c2ccccc2Cl)cc(=S)[nH]1. The molecule has 0 radical (unpaired) electrons. The van der Waals surface area contributed by atoms with Gasteiger partial charge in [0.2, 0.25) is 0 Å². The smallest absolute Gasteiger partial charge is 0.298 e. The van der Waals surface area contributed by atoms with Crippen molar-refractivity contribution < 1.29 is 0 Å². The molecule has 0 fully saturated rings. The summed E-state index contributed by atoms with van der Waals surface area (Å²) in [4.78, 5) is 20.2. The number of rotatable bonds is 2. The highest BCUT2D eigenvalue weighted by Gasteiger charge is 1.95. The van der Waals surface area contributed by atoms with Crippen LogP contribution in [0.4, 0.5) is 5.82 Å². The molecule has 0 saturated heterocycles. The minimum atomic E-state index is -0.385. The second kappa shape index (κ2) is 5.07. The van der Waals surface area contributed by atoms with Crippen LogP contribution in [-0.2, 0) is 0 Å². The average Bonchev–Trinajstić information content (AvgIpc) is 2.27. The number of hydrogen-bond donors (Lipinski definition) is 2. The highest BCUT2D eigenvalue weighted by Crippen LogP contribution is 2.13. The molecular weight excluding hydrogens is 258 g/mol. The van der Waals surface area contributed by atoms with Gasteiger partial charge >= 0.3 is 5.69 Å². The lowest BCUT2D eigenvalue weighted by Crippen LogP contribution is -2.08. The number of nitrogens with zero attached hydrogens (tertiary/aromatic N) is 1. The van der Waals surface area contributed by atoms with Crippen molar-refractivity contribution in [1.29, 1.82) is 0 Å². The summed E-state index contributed by atoms with van der Waals surface area (Å²) in [5, 5.41) is 0.597. The monoisotopic (exact) mass is 265 g/mol. The zero-order chi connectivity index (χ0) is 12.3. The lowest BCUT2D eigenvalue weighted by atomic mass is 10.2. The average molecular weight is 266 g/mol. The first kappa shape index (κ1) is 11.8. The highest BCUT2D eigenvalue weighted by atomic mass is 35.5. The van der Waals surface area contributed by atoms with E-state index in [4.69, 9.17) is 23.8 Å². The first-order valence-electron chi connectivity index (χ1n) is 4.77. The Morgan fingerprint density at radius 2 is 2.06 bits per heavy atom. The minimum absolute atomic E-state index is 0.333. The van der Waals surface area contributed by atoms with Crippen molar-refractivity contribution in [2.24, 2.45) is 4.99 Å². The maximum atomic E-state index is 11.1. The standard InChI is InChI=1S/C11H8ClN3OS/c12-8-4-2-1-3-7(8)6-13-9-5-10(17)15-11(16)14-9/h1-6H,(H2,14,15,16,17)/b13-6+. The molecule has 0 atom stereocenters. The van der Waals surface area contributed by atoms with E-state index in [0.717, 1.165) is 5.56 Å². The number of nitrogens with one attached hydrogen (secondary N) is 2. The number of H-pyrrole nitrogens is 2. The molecule has 2 rings (SSSR count). The molecule has 0 saturated carbocycles. The molecule has 0 spiro atoms. The van der Waals surface area contributed by atoms with Gasteiger partial charge in [0.25, 0.3) is 0 Å². The summed E-state index contributed by atoms with van der Waals surface area (Å²) in [6.45, 7) is 0. The Morgan fingerprint density at radius 3 is 2.76 bits per heavy atom. The van der Waals surface area contributed by atoms with Crippen molar-refractivity contribution in [3.63, 3.8) is 0 Å². The fraction of sp³-hybridized carbons (Fsp3) is 0. The molecule has 0 aliphatic carbocycles. The van der Waals surface area contributed by atoms with Crippen LogP contribution in [0.25, 0.3) is 0 Å². The molecule has 2 aromatic rings. The van der Waals surface area contributed by atoms with Gasteiger partial charge in [-0.3, -0.25) is 9.97 Å². The number of aliphatic imine (C=N–C) groups is 1. The molecule has 1 aromatic carbocycles. The van der Waals surface area contributed by atoms with Gasteiger partial charge in [-0.1, -0.05) is 42.0 Å². The summed E-state index contributed by atoms with van der Waals surface area (Å²) >= 11 is 10.8. The van der Waals surface area contributed by atoms with Crippen molar-refractivity contribution in [2.75, 3.05) is 0 Å². The summed E-state index contributed by atoms with van der Waals surface area (Å²) in [7, 11) is 0. The quantitative estimate of drug-likeness (QED) is 0.648. The summed E-state index contributed by atoms with van der Waals surface area (Å²) < 4.78 is 0.333. The lowest BCUT2D eigenvalue weighted by molar-refractivity contribution is 1.06. The Balaban J connectivity index is 2.36. The van der Waals surface area contributed by atoms with Crippen LogP contribution in [0.1, 0.15) is 5.56 Å². The van der Waals surface area contributed by atoms with Gasteiger partial charge in [0.1, 0.15) is 10.5 Å². The third-order valence-corrected chi connectivity index (χ3v) is 2.56. The molecule has 1 aromatic heterocycles. The topological polar surface area (TPSA) is 61.0 Å². The third kappa shape index (κ3) is 3.12. The van der Waals surface area contributed by atoms with Gasteiger partial charge in [0.15, 0.2) is 0 Å². The largest absolute Gasteiger partial charge is 0.325 e. The van der Waals surface area contributed by atoms with Gasteiger partial charge in [-0.15, -0.1) is 0 Å². The molecule has 4 nitrogen and oxygen atoms in total.